The Morgan fingerprint density at radius 2 is 1.36 bits per heavy atom. The van der Waals surface area contributed by atoms with Gasteiger partial charge in [-0.15, -0.1) is 4.99 Å². The van der Waals surface area contributed by atoms with Gasteiger partial charge >= 0.3 is 18.3 Å². The van der Waals surface area contributed by atoms with Crippen LogP contribution in [0, 0.1) is 5.92 Å². The Hall–Kier alpha value is -4.94. The van der Waals surface area contributed by atoms with Gasteiger partial charge in [0, 0.05) is 25.2 Å². The molecule has 3 rings (SSSR count). The molecule has 13 heteroatoms. The van der Waals surface area contributed by atoms with Gasteiger partial charge in [0.1, 0.15) is 22.8 Å². The number of benzene rings is 2. The minimum Gasteiger partial charge on any atom is -0.444 e. The molecular formula is C37H51N5O8. The van der Waals surface area contributed by atoms with E-state index in [1.165, 1.54) is 0 Å². The first-order valence-corrected chi connectivity index (χ1v) is 16.7. The molecule has 0 bridgehead atoms. The summed E-state index contributed by atoms with van der Waals surface area (Å²) in [5.41, 5.74) is -1.45. The summed E-state index contributed by atoms with van der Waals surface area (Å²) in [6, 6.07) is 17.2. The first-order valence-electron chi connectivity index (χ1n) is 16.7. The number of carbonyl (C=O) groups excluding carboxylic acids is 5. The standard InChI is InChI=1S/C37H51N5O8/c1-35(2,3)48-32(45)39-31(40-33(46)49-36(4,5)6)42(34(47)50-37(7,8)9)23-21-26-20-22-41(30(44)27-18-14-11-15-19-27)28(26)29(43)38-24-25-16-12-10-13-17-25/h10-19,26,28H,20-24H2,1-9H3,(H,38,43)(H,39,40,45,46)/t26-,28+/m0/s1. The van der Waals surface area contributed by atoms with Crippen molar-refractivity contribution in [2.75, 3.05) is 13.1 Å². The molecule has 0 unspecified atom stereocenters. The van der Waals surface area contributed by atoms with Crippen molar-refractivity contribution in [1.82, 2.24) is 20.4 Å². The quantitative estimate of drug-likeness (QED) is 0.195. The maximum Gasteiger partial charge on any atom is 0.437 e. The second-order valence-electron chi connectivity index (χ2n) is 15.0. The Balaban J connectivity index is 1.97. The first kappa shape index (κ1) is 39.5. The zero-order chi connectivity index (χ0) is 37.3. The van der Waals surface area contributed by atoms with Crippen molar-refractivity contribution in [1.29, 1.82) is 0 Å². The minimum atomic E-state index is -1.06. The smallest absolute Gasteiger partial charge is 0.437 e. The Morgan fingerprint density at radius 3 is 1.92 bits per heavy atom. The molecule has 2 aromatic carbocycles. The maximum atomic E-state index is 13.9. The molecule has 1 aliphatic heterocycles. The van der Waals surface area contributed by atoms with E-state index in [-0.39, 0.29) is 31.3 Å². The predicted octanol–water partition coefficient (Wildman–Crippen LogP) is 6.28. The van der Waals surface area contributed by atoms with Crippen LogP contribution in [0.15, 0.2) is 65.7 Å². The second kappa shape index (κ2) is 16.6. The largest absolute Gasteiger partial charge is 0.444 e. The lowest BCUT2D eigenvalue weighted by Crippen LogP contribution is -2.52. The average molecular weight is 694 g/mol. The van der Waals surface area contributed by atoms with Crippen LogP contribution in [0.1, 0.15) is 91.1 Å². The van der Waals surface area contributed by atoms with Gasteiger partial charge in [0.2, 0.25) is 11.9 Å². The Bertz CT molecular complexity index is 1520. The second-order valence-corrected chi connectivity index (χ2v) is 15.0. The molecule has 0 saturated carbocycles. The summed E-state index contributed by atoms with van der Waals surface area (Å²) < 4.78 is 16.4. The first-order chi connectivity index (χ1) is 23.2. The number of rotatable bonds is 7. The van der Waals surface area contributed by atoms with Crippen molar-refractivity contribution < 1.29 is 38.2 Å². The van der Waals surface area contributed by atoms with E-state index in [0.717, 1.165) is 10.5 Å². The molecule has 13 nitrogen and oxygen atoms in total. The molecule has 0 spiro atoms. The van der Waals surface area contributed by atoms with Gasteiger partial charge in [-0.25, -0.2) is 19.3 Å². The lowest BCUT2D eigenvalue weighted by molar-refractivity contribution is -0.126. The predicted molar refractivity (Wildman–Crippen MR) is 188 cm³/mol. The molecule has 1 saturated heterocycles. The van der Waals surface area contributed by atoms with E-state index >= 15 is 0 Å². The van der Waals surface area contributed by atoms with Crippen LogP contribution in [0.4, 0.5) is 14.4 Å². The van der Waals surface area contributed by atoms with Crippen LogP contribution in [0.2, 0.25) is 0 Å². The zero-order valence-electron chi connectivity index (χ0n) is 30.6. The van der Waals surface area contributed by atoms with Crippen molar-refractivity contribution in [3.05, 3.63) is 71.8 Å². The van der Waals surface area contributed by atoms with Crippen molar-refractivity contribution in [2.45, 2.75) is 105 Å². The van der Waals surface area contributed by atoms with Crippen LogP contribution in [-0.2, 0) is 25.5 Å². The number of hydrogen-bond acceptors (Lipinski definition) is 8. The molecule has 2 atom stereocenters. The van der Waals surface area contributed by atoms with Crippen LogP contribution in [0.3, 0.4) is 0 Å². The van der Waals surface area contributed by atoms with Gasteiger partial charge < -0.3 is 24.4 Å². The number of ether oxygens (including phenoxy) is 3. The molecule has 0 aromatic heterocycles. The normalized spacial score (nSPS) is 16.7. The number of alkyl carbamates (subject to hydrolysis) is 1. The van der Waals surface area contributed by atoms with E-state index in [1.54, 1.807) is 97.5 Å². The van der Waals surface area contributed by atoms with E-state index in [9.17, 15) is 24.0 Å². The number of likely N-dealkylation sites (tertiary alicyclic amines) is 1. The number of amides is 5. The molecule has 272 valence electrons. The van der Waals surface area contributed by atoms with Gasteiger partial charge in [0.25, 0.3) is 5.91 Å². The summed E-state index contributed by atoms with van der Waals surface area (Å²) in [5, 5.41) is 5.39. The third-order valence-corrected chi connectivity index (χ3v) is 7.18. The fraction of sp³-hybridized carbons (Fsp3) is 0.514. The van der Waals surface area contributed by atoms with E-state index in [1.807, 2.05) is 30.3 Å². The van der Waals surface area contributed by atoms with Crippen molar-refractivity contribution in [2.24, 2.45) is 10.9 Å². The average Bonchev–Trinajstić information content (AvgIpc) is 3.41. The van der Waals surface area contributed by atoms with Gasteiger partial charge in [0.15, 0.2) is 0 Å². The number of hydrogen-bond donors (Lipinski definition) is 2. The number of carbonyl (C=O) groups is 5. The molecule has 0 aliphatic carbocycles. The summed E-state index contributed by atoms with van der Waals surface area (Å²) in [5.74, 6) is -1.54. The maximum absolute atomic E-state index is 13.9. The number of nitrogens with zero attached hydrogens (tertiary/aromatic N) is 3. The van der Waals surface area contributed by atoms with E-state index in [4.69, 9.17) is 14.2 Å². The molecule has 0 radical (unpaired) electrons. The molecule has 5 amide bonds. The van der Waals surface area contributed by atoms with Crippen LogP contribution in [-0.4, -0.2) is 81.8 Å². The molecule has 1 heterocycles. The highest BCUT2D eigenvalue weighted by Gasteiger charge is 2.42. The fourth-order valence-corrected chi connectivity index (χ4v) is 5.20. The Labute approximate surface area is 294 Å². The summed E-state index contributed by atoms with van der Waals surface area (Å²) in [6.07, 6.45) is -2.31. The van der Waals surface area contributed by atoms with Gasteiger partial charge in [-0.2, -0.15) is 0 Å². The highest BCUT2D eigenvalue weighted by atomic mass is 16.6. The van der Waals surface area contributed by atoms with E-state index in [0.29, 0.717) is 18.5 Å². The summed E-state index contributed by atoms with van der Waals surface area (Å²) >= 11 is 0. The third kappa shape index (κ3) is 12.8. The van der Waals surface area contributed by atoms with Gasteiger partial charge in [-0.1, -0.05) is 48.5 Å². The van der Waals surface area contributed by atoms with Crippen LogP contribution in [0.25, 0.3) is 0 Å². The van der Waals surface area contributed by atoms with Crippen molar-refractivity contribution in [3.8, 4) is 0 Å². The number of aliphatic imine (C=N–C) groups is 1. The molecule has 50 heavy (non-hydrogen) atoms. The van der Waals surface area contributed by atoms with Gasteiger partial charge in [0.05, 0.1) is 0 Å². The van der Waals surface area contributed by atoms with E-state index < -0.39 is 53.0 Å². The zero-order valence-corrected chi connectivity index (χ0v) is 30.6. The monoisotopic (exact) mass is 693 g/mol. The molecule has 1 fully saturated rings. The Kier molecular flexibility index (Phi) is 13.1. The van der Waals surface area contributed by atoms with Gasteiger partial charge in [-0.05, 0) is 98.8 Å². The molecule has 1 aliphatic rings. The summed E-state index contributed by atoms with van der Waals surface area (Å²) in [7, 11) is 0. The van der Waals surface area contributed by atoms with Crippen LogP contribution in [0.5, 0.6) is 0 Å². The minimum absolute atomic E-state index is 0.146. The van der Waals surface area contributed by atoms with Crippen molar-refractivity contribution >= 4 is 36.1 Å². The van der Waals surface area contributed by atoms with Gasteiger partial charge in [-0.3, -0.25) is 14.9 Å². The summed E-state index contributed by atoms with van der Waals surface area (Å²) in [6.45, 7) is 15.4. The SMILES string of the molecule is CC(C)(C)OC(=O)/N=C(/NC(=O)OC(C)(C)C)N(CC[C@@H]1CCN(C(=O)c2ccccc2)[C@H]1C(=O)NCc1ccccc1)C(=O)OC(C)(C)C. The Morgan fingerprint density at radius 1 is 0.800 bits per heavy atom. The molecule has 2 aromatic rings. The summed E-state index contributed by atoms with van der Waals surface area (Å²) in [4.78, 5) is 73.6. The highest BCUT2D eigenvalue weighted by Crippen LogP contribution is 2.30. The van der Waals surface area contributed by atoms with Crippen molar-refractivity contribution in [3.63, 3.8) is 0 Å². The van der Waals surface area contributed by atoms with Crippen LogP contribution >= 0.6 is 0 Å². The fourth-order valence-electron chi connectivity index (χ4n) is 5.20. The molecule has 2 N–H and O–H groups in total. The van der Waals surface area contributed by atoms with E-state index in [2.05, 4.69) is 15.6 Å². The third-order valence-electron chi connectivity index (χ3n) is 7.18. The lowest BCUT2D eigenvalue weighted by Gasteiger charge is -2.31. The molecular weight excluding hydrogens is 642 g/mol. The van der Waals surface area contributed by atoms with Crippen LogP contribution < -0.4 is 10.6 Å². The lowest BCUT2D eigenvalue weighted by atomic mass is 9.95. The highest BCUT2D eigenvalue weighted by molar-refractivity contribution is 6.05. The topological polar surface area (TPSA) is 156 Å². The number of nitrogens with one attached hydrogen (secondary N) is 2. The number of guanidine groups is 1.